The van der Waals surface area contributed by atoms with E-state index in [2.05, 4.69) is 18.0 Å². The van der Waals surface area contributed by atoms with Gasteiger partial charge in [0.25, 0.3) is 0 Å². The van der Waals surface area contributed by atoms with E-state index in [0.717, 1.165) is 18.5 Å². The van der Waals surface area contributed by atoms with E-state index in [4.69, 9.17) is 10.00 Å². The number of carbonyl (C=O) groups excluding carboxylic acids is 1. The minimum absolute atomic E-state index is 0.0693. The largest absolute Gasteiger partial charge is 0.383 e. The van der Waals surface area contributed by atoms with Crippen molar-refractivity contribution in [3.63, 3.8) is 0 Å². The average molecular weight is 313 g/mol. The quantitative estimate of drug-likeness (QED) is 0.588. The van der Waals surface area contributed by atoms with Gasteiger partial charge in [-0.15, -0.1) is 6.58 Å². The van der Waals surface area contributed by atoms with Gasteiger partial charge >= 0.3 is 0 Å². The Morgan fingerprint density at radius 3 is 2.87 bits per heavy atom. The molecule has 2 rings (SSSR count). The van der Waals surface area contributed by atoms with Crippen molar-refractivity contribution in [2.75, 3.05) is 33.4 Å². The van der Waals surface area contributed by atoms with Crippen molar-refractivity contribution in [2.45, 2.75) is 12.5 Å². The highest BCUT2D eigenvalue weighted by atomic mass is 16.5. The number of ether oxygens (including phenoxy) is 1. The third-order valence-corrected chi connectivity index (χ3v) is 4.16. The molecule has 0 unspecified atom stereocenters. The lowest BCUT2D eigenvalue weighted by Crippen LogP contribution is -2.36. The summed E-state index contributed by atoms with van der Waals surface area (Å²) in [4.78, 5) is 14.5. The van der Waals surface area contributed by atoms with Gasteiger partial charge in [0.2, 0.25) is 5.91 Å². The van der Waals surface area contributed by atoms with Gasteiger partial charge in [-0.25, -0.2) is 0 Å². The lowest BCUT2D eigenvalue weighted by Gasteiger charge is -2.25. The summed E-state index contributed by atoms with van der Waals surface area (Å²) in [6, 6.07) is 9.48. The molecule has 1 aromatic rings. The smallest absolute Gasteiger partial charge is 0.227 e. The van der Waals surface area contributed by atoms with Crippen molar-refractivity contribution >= 4 is 5.91 Å². The van der Waals surface area contributed by atoms with Crippen LogP contribution in [0.3, 0.4) is 0 Å². The third-order valence-electron chi connectivity index (χ3n) is 4.16. The van der Waals surface area contributed by atoms with Crippen LogP contribution in [0.4, 0.5) is 0 Å². The Morgan fingerprint density at radius 2 is 2.26 bits per heavy atom. The maximum Gasteiger partial charge on any atom is 0.227 e. The van der Waals surface area contributed by atoms with Crippen LogP contribution in [0.2, 0.25) is 0 Å². The van der Waals surface area contributed by atoms with Crippen LogP contribution in [-0.4, -0.2) is 44.2 Å². The molecule has 2 atom stereocenters. The van der Waals surface area contributed by atoms with Crippen LogP contribution in [0.25, 0.3) is 0 Å². The van der Waals surface area contributed by atoms with Crippen LogP contribution in [0.1, 0.15) is 23.6 Å². The van der Waals surface area contributed by atoms with E-state index in [9.17, 15) is 4.79 Å². The van der Waals surface area contributed by atoms with E-state index in [1.54, 1.807) is 25.3 Å². The van der Waals surface area contributed by atoms with E-state index in [0.29, 0.717) is 25.3 Å². The van der Waals surface area contributed by atoms with Crippen molar-refractivity contribution < 1.29 is 9.53 Å². The van der Waals surface area contributed by atoms with Crippen LogP contribution in [0.5, 0.6) is 0 Å². The summed E-state index contributed by atoms with van der Waals surface area (Å²) < 4.78 is 5.10. The highest BCUT2D eigenvalue weighted by Gasteiger charge is 2.37. The van der Waals surface area contributed by atoms with Crippen LogP contribution >= 0.6 is 0 Å². The van der Waals surface area contributed by atoms with Crippen molar-refractivity contribution in [2.24, 2.45) is 5.92 Å². The lowest BCUT2D eigenvalue weighted by molar-refractivity contribution is -0.131. The monoisotopic (exact) mass is 313 g/mol. The number of hydrogen-bond donors (Lipinski definition) is 1. The normalized spacial score (nSPS) is 18.7. The fraction of sp³-hybridized carbons (Fsp3) is 0.444. The minimum Gasteiger partial charge on any atom is -0.383 e. The topological polar surface area (TPSA) is 65.4 Å². The Balaban J connectivity index is 2.18. The van der Waals surface area contributed by atoms with E-state index in [-0.39, 0.29) is 17.9 Å². The molecule has 5 heteroatoms. The summed E-state index contributed by atoms with van der Waals surface area (Å²) in [7, 11) is 1.66. The standard InChI is InChI=1S/C18H23N3O2/c1-3-10-21-11-8-16(18(21)22)17(20-9-12-23-2)15-6-4-14(13-19)5-7-15/h3-7,16-17,20H,1,8-12H2,2H3/t16-,17+/m0/s1. The van der Waals surface area contributed by atoms with E-state index in [1.165, 1.54) is 0 Å². The molecule has 0 spiro atoms. The van der Waals surface area contributed by atoms with Gasteiger partial charge in [-0.3, -0.25) is 4.79 Å². The lowest BCUT2D eigenvalue weighted by atomic mass is 9.91. The molecule has 0 radical (unpaired) electrons. The molecule has 0 bridgehead atoms. The van der Waals surface area contributed by atoms with Gasteiger partial charge in [0.15, 0.2) is 0 Å². The molecular weight excluding hydrogens is 290 g/mol. The molecule has 122 valence electrons. The van der Waals surface area contributed by atoms with Gasteiger partial charge in [0, 0.05) is 32.8 Å². The second-order valence-electron chi connectivity index (χ2n) is 5.63. The summed E-state index contributed by atoms with van der Waals surface area (Å²) in [5, 5.41) is 12.4. The Kier molecular flexibility index (Phi) is 6.33. The molecule has 1 aromatic carbocycles. The van der Waals surface area contributed by atoms with Crippen molar-refractivity contribution in [1.29, 1.82) is 5.26 Å². The number of amides is 1. The average Bonchev–Trinajstić information content (AvgIpc) is 2.93. The van der Waals surface area contributed by atoms with Crippen LogP contribution in [-0.2, 0) is 9.53 Å². The number of carbonyl (C=O) groups is 1. The van der Waals surface area contributed by atoms with E-state index in [1.807, 2.05) is 17.0 Å². The molecule has 1 heterocycles. The second kappa shape index (κ2) is 8.47. The van der Waals surface area contributed by atoms with Crippen molar-refractivity contribution in [3.05, 3.63) is 48.0 Å². The molecule has 1 fully saturated rings. The van der Waals surface area contributed by atoms with Crippen LogP contribution < -0.4 is 5.32 Å². The maximum absolute atomic E-state index is 12.6. The molecule has 1 aliphatic rings. The first-order valence-electron chi connectivity index (χ1n) is 7.83. The predicted molar refractivity (Wildman–Crippen MR) is 88.7 cm³/mol. The highest BCUT2D eigenvalue weighted by Crippen LogP contribution is 2.31. The Labute approximate surface area is 137 Å². The zero-order valence-corrected chi connectivity index (χ0v) is 13.5. The predicted octanol–water partition coefficient (Wildman–Crippen LogP) is 1.87. The zero-order valence-electron chi connectivity index (χ0n) is 13.5. The van der Waals surface area contributed by atoms with Gasteiger partial charge in [-0.2, -0.15) is 5.26 Å². The molecule has 1 amide bonds. The first-order chi connectivity index (χ1) is 11.2. The van der Waals surface area contributed by atoms with E-state index < -0.39 is 0 Å². The van der Waals surface area contributed by atoms with Crippen LogP contribution in [0.15, 0.2) is 36.9 Å². The molecule has 1 N–H and O–H groups in total. The fourth-order valence-electron chi connectivity index (χ4n) is 2.98. The SMILES string of the molecule is C=CCN1CC[C@@H]([C@H](NCCOC)c2ccc(C#N)cc2)C1=O. The molecule has 0 aliphatic carbocycles. The minimum atomic E-state index is -0.0975. The molecular formula is C18H23N3O2. The number of nitrogens with one attached hydrogen (secondary N) is 1. The molecule has 5 nitrogen and oxygen atoms in total. The van der Waals surface area contributed by atoms with Gasteiger partial charge < -0.3 is 15.0 Å². The van der Waals surface area contributed by atoms with Crippen LogP contribution in [0, 0.1) is 17.2 Å². The van der Waals surface area contributed by atoms with Crippen molar-refractivity contribution in [3.8, 4) is 6.07 Å². The number of rotatable bonds is 8. The van der Waals surface area contributed by atoms with E-state index >= 15 is 0 Å². The number of likely N-dealkylation sites (tertiary alicyclic amines) is 1. The molecule has 23 heavy (non-hydrogen) atoms. The summed E-state index contributed by atoms with van der Waals surface area (Å²) in [6.07, 6.45) is 2.58. The molecule has 1 saturated heterocycles. The number of methoxy groups -OCH3 is 1. The number of hydrogen-bond acceptors (Lipinski definition) is 4. The van der Waals surface area contributed by atoms with Gasteiger partial charge in [-0.1, -0.05) is 18.2 Å². The summed E-state index contributed by atoms with van der Waals surface area (Å²) in [5.41, 5.74) is 1.65. The Morgan fingerprint density at radius 1 is 1.52 bits per heavy atom. The highest BCUT2D eigenvalue weighted by molar-refractivity contribution is 5.82. The summed E-state index contributed by atoms with van der Waals surface area (Å²) >= 11 is 0. The number of nitrogens with zero attached hydrogens (tertiary/aromatic N) is 2. The maximum atomic E-state index is 12.6. The van der Waals surface area contributed by atoms with Crippen molar-refractivity contribution in [1.82, 2.24) is 10.2 Å². The number of benzene rings is 1. The fourth-order valence-corrected chi connectivity index (χ4v) is 2.98. The zero-order chi connectivity index (χ0) is 16.7. The Bertz CT molecular complexity index is 577. The van der Waals surface area contributed by atoms with Gasteiger partial charge in [0.05, 0.1) is 24.2 Å². The number of nitriles is 1. The van der Waals surface area contributed by atoms with Gasteiger partial charge in [-0.05, 0) is 24.1 Å². The summed E-state index contributed by atoms with van der Waals surface area (Å²) in [6.45, 7) is 6.32. The first-order valence-corrected chi connectivity index (χ1v) is 7.83. The Hall–Kier alpha value is -2.16. The third kappa shape index (κ3) is 4.19. The van der Waals surface area contributed by atoms with Gasteiger partial charge in [0.1, 0.15) is 0 Å². The molecule has 1 aliphatic heterocycles. The molecule has 0 saturated carbocycles. The first kappa shape index (κ1) is 17.2. The summed E-state index contributed by atoms with van der Waals surface area (Å²) in [5.74, 6) is 0.0592. The molecule has 0 aromatic heterocycles. The second-order valence-corrected chi connectivity index (χ2v) is 5.63.